The van der Waals surface area contributed by atoms with Crippen LogP contribution >= 0.6 is 0 Å². The van der Waals surface area contributed by atoms with Crippen LogP contribution in [0.4, 0.5) is 8.78 Å². The first-order valence-corrected chi connectivity index (χ1v) is 3.60. The normalized spacial score (nSPS) is 12.9. The summed E-state index contributed by atoms with van der Waals surface area (Å²) in [6, 6.07) is -0.339. The monoisotopic (exact) mass is 189 g/mol. The Balaban J connectivity index is 3.46. The number of nitrogens with two attached hydrogens (primary N) is 1. The van der Waals surface area contributed by atoms with E-state index in [1.165, 1.54) is 6.92 Å². The Kier molecular flexibility index (Phi) is 2.38. The van der Waals surface area contributed by atoms with Gasteiger partial charge in [0.15, 0.2) is 23.1 Å². The summed E-state index contributed by atoms with van der Waals surface area (Å²) in [7, 11) is 0. The molecule has 0 aliphatic rings. The summed E-state index contributed by atoms with van der Waals surface area (Å²) in [6.07, 6.45) is 0. The number of aromatic hydroxyl groups is 2. The van der Waals surface area contributed by atoms with Crippen LogP contribution < -0.4 is 5.73 Å². The van der Waals surface area contributed by atoms with Crippen LogP contribution in [0.25, 0.3) is 0 Å². The summed E-state index contributed by atoms with van der Waals surface area (Å²) in [5.74, 6) is -3.90. The van der Waals surface area contributed by atoms with Crippen LogP contribution in [0, 0.1) is 11.6 Å². The molecule has 0 bridgehead atoms. The van der Waals surface area contributed by atoms with Crippen LogP contribution in [0.3, 0.4) is 0 Å². The van der Waals surface area contributed by atoms with Crippen LogP contribution in [-0.4, -0.2) is 10.2 Å². The molecule has 0 heterocycles. The minimum Gasteiger partial charge on any atom is -0.505 e. The number of phenolic OH excluding ortho intramolecular Hbond substituents is 2. The highest BCUT2D eigenvalue weighted by molar-refractivity contribution is 5.41. The minimum absolute atomic E-state index is 0.516. The highest BCUT2D eigenvalue weighted by Gasteiger charge is 2.20. The minimum atomic E-state index is -1.13. The van der Waals surface area contributed by atoms with Gasteiger partial charge in [0.1, 0.15) is 0 Å². The second-order valence-electron chi connectivity index (χ2n) is 2.75. The standard InChI is InChI=1S/C8H9F2NO2/c1-3(11)6-7(9)4(12)2-5(13)8(6)10/h2-3,12-13H,11H2,1H3. The van der Waals surface area contributed by atoms with Gasteiger partial charge >= 0.3 is 0 Å². The Morgan fingerprint density at radius 3 is 1.92 bits per heavy atom. The molecule has 13 heavy (non-hydrogen) atoms. The summed E-state index contributed by atoms with van der Waals surface area (Å²) < 4.78 is 26.0. The van der Waals surface area contributed by atoms with E-state index in [0.717, 1.165) is 0 Å². The van der Waals surface area contributed by atoms with Gasteiger partial charge in [-0.15, -0.1) is 0 Å². The summed E-state index contributed by atoms with van der Waals surface area (Å²) in [4.78, 5) is 0. The zero-order valence-electron chi connectivity index (χ0n) is 6.88. The highest BCUT2D eigenvalue weighted by atomic mass is 19.1. The second-order valence-corrected chi connectivity index (χ2v) is 2.75. The van der Waals surface area contributed by atoms with Crippen molar-refractivity contribution >= 4 is 0 Å². The van der Waals surface area contributed by atoms with Crippen molar-refractivity contribution in [1.82, 2.24) is 0 Å². The fraction of sp³-hybridized carbons (Fsp3) is 0.250. The SMILES string of the molecule is CC(N)c1c(F)c(O)cc(O)c1F. The van der Waals surface area contributed by atoms with Crippen molar-refractivity contribution in [2.24, 2.45) is 5.73 Å². The van der Waals surface area contributed by atoms with Gasteiger partial charge in [-0.3, -0.25) is 0 Å². The molecule has 0 aliphatic carbocycles. The summed E-state index contributed by atoms with van der Waals surface area (Å²) in [5.41, 5.74) is 4.73. The van der Waals surface area contributed by atoms with E-state index >= 15 is 0 Å². The van der Waals surface area contributed by atoms with E-state index in [1.54, 1.807) is 0 Å². The molecular formula is C8H9F2NO2. The van der Waals surface area contributed by atoms with E-state index in [2.05, 4.69) is 0 Å². The Morgan fingerprint density at radius 2 is 1.62 bits per heavy atom. The fourth-order valence-electron chi connectivity index (χ4n) is 1.03. The van der Waals surface area contributed by atoms with Gasteiger partial charge in [-0.25, -0.2) is 8.78 Å². The van der Waals surface area contributed by atoms with Crippen LogP contribution in [0.5, 0.6) is 11.5 Å². The van der Waals surface area contributed by atoms with Crippen molar-refractivity contribution in [2.75, 3.05) is 0 Å². The third-order valence-corrected chi connectivity index (χ3v) is 1.65. The van der Waals surface area contributed by atoms with Crippen LogP contribution in [0.2, 0.25) is 0 Å². The van der Waals surface area contributed by atoms with Gasteiger partial charge in [-0.05, 0) is 6.92 Å². The summed E-state index contributed by atoms with van der Waals surface area (Å²) >= 11 is 0. The lowest BCUT2D eigenvalue weighted by atomic mass is 10.1. The van der Waals surface area contributed by atoms with Crippen molar-refractivity contribution in [3.63, 3.8) is 0 Å². The van der Waals surface area contributed by atoms with E-state index in [1.807, 2.05) is 0 Å². The average Bonchev–Trinajstić information content (AvgIpc) is 2.01. The smallest absolute Gasteiger partial charge is 0.172 e. The van der Waals surface area contributed by atoms with Gasteiger partial charge < -0.3 is 15.9 Å². The van der Waals surface area contributed by atoms with E-state index < -0.39 is 34.7 Å². The second kappa shape index (κ2) is 3.18. The maximum atomic E-state index is 13.0. The molecule has 3 nitrogen and oxygen atoms in total. The molecule has 1 unspecified atom stereocenters. The van der Waals surface area contributed by atoms with E-state index in [-0.39, 0.29) is 0 Å². The number of rotatable bonds is 1. The van der Waals surface area contributed by atoms with Gasteiger partial charge in [0.2, 0.25) is 0 Å². The lowest BCUT2D eigenvalue weighted by molar-refractivity contribution is 0.386. The summed E-state index contributed by atoms with van der Waals surface area (Å²) in [5, 5.41) is 17.8. The molecule has 1 rings (SSSR count). The van der Waals surface area contributed by atoms with Crippen LogP contribution in [-0.2, 0) is 0 Å². The van der Waals surface area contributed by atoms with Crippen LogP contribution in [0.1, 0.15) is 18.5 Å². The third-order valence-electron chi connectivity index (χ3n) is 1.65. The van der Waals surface area contributed by atoms with Gasteiger partial charge in [0.25, 0.3) is 0 Å². The molecule has 72 valence electrons. The van der Waals surface area contributed by atoms with Gasteiger partial charge in [-0.2, -0.15) is 0 Å². The fourth-order valence-corrected chi connectivity index (χ4v) is 1.03. The topological polar surface area (TPSA) is 66.5 Å². The quantitative estimate of drug-likeness (QED) is 0.625. The molecule has 5 heteroatoms. The largest absolute Gasteiger partial charge is 0.505 e. The molecule has 0 aliphatic heterocycles. The van der Waals surface area contributed by atoms with E-state index in [9.17, 15) is 8.78 Å². The van der Waals surface area contributed by atoms with Crippen molar-refractivity contribution in [3.05, 3.63) is 23.3 Å². The first-order valence-electron chi connectivity index (χ1n) is 3.60. The highest BCUT2D eigenvalue weighted by Crippen LogP contribution is 2.32. The molecule has 0 aromatic heterocycles. The molecule has 0 radical (unpaired) electrons. The molecule has 1 atom stereocenters. The molecule has 4 N–H and O–H groups in total. The molecule has 0 amide bonds. The zero-order valence-corrected chi connectivity index (χ0v) is 6.88. The Bertz CT molecular complexity index is 313. The van der Waals surface area contributed by atoms with Gasteiger partial charge in [0, 0.05) is 17.7 Å². The molecule has 1 aromatic rings. The predicted octanol–water partition coefficient (Wildman–Crippen LogP) is 1.40. The maximum absolute atomic E-state index is 13.0. The third kappa shape index (κ3) is 1.55. The van der Waals surface area contributed by atoms with Crippen LogP contribution in [0.15, 0.2) is 6.07 Å². The number of benzene rings is 1. The summed E-state index contributed by atoms with van der Waals surface area (Å²) in [6.45, 7) is 1.35. The zero-order chi connectivity index (χ0) is 10.2. The van der Waals surface area contributed by atoms with E-state index in [0.29, 0.717) is 6.07 Å². The number of halogens is 2. The Labute approximate surface area is 73.4 Å². The van der Waals surface area contributed by atoms with Crippen molar-refractivity contribution in [1.29, 1.82) is 0 Å². The Morgan fingerprint density at radius 1 is 1.23 bits per heavy atom. The molecule has 0 fully saturated rings. The maximum Gasteiger partial charge on any atom is 0.172 e. The molecule has 1 aromatic carbocycles. The number of hydrogen-bond donors (Lipinski definition) is 3. The average molecular weight is 189 g/mol. The number of hydrogen-bond acceptors (Lipinski definition) is 3. The molecule has 0 saturated heterocycles. The predicted molar refractivity (Wildman–Crippen MR) is 42.3 cm³/mol. The lowest BCUT2D eigenvalue weighted by Crippen LogP contribution is -2.10. The molecule has 0 spiro atoms. The first kappa shape index (κ1) is 9.73. The van der Waals surface area contributed by atoms with Gasteiger partial charge in [0.05, 0.1) is 0 Å². The van der Waals surface area contributed by atoms with E-state index in [4.69, 9.17) is 15.9 Å². The Hall–Kier alpha value is -1.36. The lowest BCUT2D eigenvalue weighted by Gasteiger charge is -2.10. The number of phenols is 2. The van der Waals surface area contributed by atoms with Crippen molar-refractivity contribution in [2.45, 2.75) is 13.0 Å². The molecule has 0 saturated carbocycles. The van der Waals surface area contributed by atoms with Crippen molar-refractivity contribution in [3.8, 4) is 11.5 Å². The molecular weight excluding hydrogens is 180 g/mol. The first-order chi connectivity index (χ1) is 5.95. The van der Waals surface area contributed by atoms with Gasteiger partial charge in [-0.1, -0.05) is 0 Å². The van der Waals surface area contributed by atoms with Crippen molar-refractivity contribution < 1.29 is 19.0 Å².